The Labute approximate surface area is 148 Å². The SMILES string of the molecule is Cc1cccc(CNC(=O)C2CC2C(=O)Nc2ccc(C)c(C)c2)c1. The van der Waals surface area contributed by atoms with Crippen molar-refractivity contribution in [1.29, 1.82) is 0 Å². The van der Waals surface area contributed by atoms with Crippen molar-refractivity contribution in [2.75, 3.05) is 5.32 Å². The van der Waals surface area contributed by atoms with Gasteiger partial charge in [0, 0.05) is 12.2 Å². The third kappa shape index (κ3) is 4.27. The zero-order valence-corrected chi connectivity index (χ0v) is 14.9. The van der Waals surface area contributed by atoms with Crippen LogP contribution >= 0.6 is 0 Å². The van der Waals surface area contributed by atoms with Gasteiger partial charge in [0.1, 0.15) is 0 Å². The number of carbonyl (C=O) groups is 2. The van der Waals surface area contributed by atoms with E-state index in [4.69, 9.17) is 0 Å². The van der Waals surface area contributed by atoms with Crippen molar-refractivity contribution < 1.29 is 9.59 Å². The Bertz CT molecular complexity index is 813. The molecule has 25 heavy (non-hydrogen) atoms. The highest BCUT2D eigenvalue weighted by atomic mass is 16.2. The van der Waals surface area contributed by atoms with Crippen LogP contribution in [0.1, 0.15) is 28.7 Å². The van der Waals surface area contributed by atoms with Crippen LogP contribution in [0.2, 0.25) is 0 Å². The van der Waals surface area contributed by atoms with Crippen LogP contribution < -0.4 is 10.6 Å². The molecule has 1 fully saturated rings. The van der Waals surface area contributed by atoms with Crippen molar-refractivity contribution in [3.63, 3.8) is 0 Å². The maximum Gasteiger partial charge on any atom is 0.228 e. The number of rotatable bonds is 5. The van der Waals surface area contributed by atoms with E-state index in [-0.39, 0.29) is 23.7 Å². The predicted molar refractivity (Wildman–Crippen MR) is 99.2 cm³/mol. The molecule has 0 radical (unpaired) electrons. The fourth-order valence-electron chi connectivity index (χ4n) is 2.97. The van der Waals surface area contributed by atoms with Gasteiger partial charge in [0.15, 0.2) is 0 Å². The lowest BCUT2D eigenvalue weighted by Gasteiger charge is -2.08. The molecule has 0 aromatic heterocycles. The first-order valence-corrected chi connectivity index (χ1v) is 8.65. The first-order chi connectivity index (χ1) is 11.9. The Hall–Kier alpha value is -2.62. The molecule has 0 spiro atoms. The fourth-order valence-corrected chi connectivity index (χ4v) is 2.97. The van der Waals surface area contributed by atoms with E-state index in [0.29, 0.717) is 13.0 Å². The number of hydrogen-bond acceptors (Lipinski definition) is 2. The fraction of sp³-hybridized carbons (Fsp3) is 0.333. The number of amides is 2. The third-order valence-corrected chi connectivity index (χ3v) is 4.79. The van der Waals surface area contributed by atoms with Gasteiger partial charge in [-0.05, 0) is 56.0 Å². The van der Waals surface area contributed by atoms with Gasteiger partial charge >= 0.3 is 0 Å². The monoisotopic (exact) mass is 336 g/mol. The van der Waals surface area contributed by atoms with E-state index in [2.05, 4.69) is 16.7 Å². The molecule has 2 N–H and O–H groups in total. The van der Waals surface area contributed by atoms with Gasteiger partial charge in [-0.3, -0.25) is 9.59 Å². The van der Waals surface area contributed by atoms with Crippen LogP contribution in [0.3, 0.4) is 0 Å². The predicted octanol–water partition coefficient (Wildman–Crippen LogP) is 3.50. The molecule has 3 rings (SSSR count). The zero-order chi connectivity index (χ0) is 18.0. The summed E-state index contributed by atoms with van der Waals surface area (Å²) in [5, 5.41) is 5.85. The van der Waals surface area contributed by atoms with Crippen LogP contribution in [0.5, 0.6) is 0 Å². The number of aryl methyl sites for hydroxylation is 3. The van der Waals surface area contributed by atoms with Gasteiger partial charge in [0.05, 0.1) is 11.8 Å². The molecule has 0 aliphatic heterocycles. The van der Waals surface area contributed by atoms with Crippen molar-refractivity contribution in [2.45, 2.75) is 33.7 Å². The van der Waals surface area contributed by atoms with E-state index in [1.54, 1.807) is 0 Å². The van der Waals surface area contributed by atoms with E-state index in [9.17, 15) is 9.59 Å². The standard InChI is InChI=1S/C21H24N2O2/c1-13-5-4-6-16(9-13)12-22-20(24)18-11-19(18)21(25)23-17-8-7-14(2)15(3)10-17/h4-10,18-19H,11-12H2,1-3H3,(H,22,24)(H,23,25). The number of benzene rings is 2. The van der Waals surface area contributed by atoms with Crippen molar-refractivity contribution >= 4 is 17.5 Å². The molecule has 4 heteroatoms. The maximum absolute atomic E-state index is 12.3. The number of anilines is 1. The second-order valence-electron chi connectivity index (χ2n) is 6.94. The highest BCUT2D eigenvalue weighted by Crippen LogP contribution is 2.39. The van der Waals surface area contributed by atoms with Crippen LogP contribution in [-0.4, -0.2) is 11.8 Å². The maximum atomic E-state index is 12.3. The van der Waals surface area contributed by atoms with E-state index in [0.717, 1.165) is 16.8 Å². The van der Waals surface area contributed by atoms with Gasteiger partial charge in [-0.25, -0.2) is 0 Å². The van der Waals surface area contributed by atoms with E-state index < -0.39 is 0 Å². The van der Waals surface area contributed by atoms with Crippen LogP contribution in [-0.2, 0) is 16.1 Å². The lowest BCUT2D eigenvalue weighted by molar-refractivity contribution is -0.125. The second-order valence-corrected chi connectivity index (χ2v) is 6.94. The largest absolute Gasteiger partial charge is 0.352 e. The van der Waals surface area contributed by atoms with Crippen molar-refractivity contribution in [1.82, 2.24) is 5.32 Å². The molecule has 0 bridgehead atoms. The molecule has 2 amide bonds. The summed E-state index contributed by atoms with van der Waals surface area (Å²) in [6.45, 7) is 6.59. The summed E-state index contributed by atoms with van der Waals surface area (Å²) in [6.07, 6.45) is 0.621. The summed E-state index contributed by atoms with van der Waals surface area (Å²) in [4.78, 5) is 24.6. The summed E-state index contributed by atoms with van der Waals surface area (Å²) >= 11 is 0. The minimum Gasteiger partial charge on any atom is -0.352 e. The summed E-state index contributed by atoms with van der Waals surface area (Å²) in [5.41, 5.74) is 5.37. The van der Waals surface area contributed by atoms with E-state index in [1.165, 1.54) is 11.1 Å². The van der Waals surface area contributed by atoms with Gasteiger partial charge in [0.2, 0.25) is 11.8 Å². The number of nitrogens with one attached hydrogen (secondary N) is 2. The average Bonchev–Trinajstić information content (AvgIpc) is 3.37. The smallest absolute Gasteiger partial charge is 0.228 e. The summed E-state index contributed by atoms with van der Waals surface area (Å²) < 4.78 is 0. The molecule has 0 saturated heterocycles. The van der Waals surface area contributed by atoms with Crippen LogP contribution in [0, 0.1) is 32.6 Å². The summed E-state index contributed by atoms with van der Waals surface area (Å²) in [6, 6.07) is 13.9. The van der Waals surface area contributed by atoms with Gasteiger partial charge in [-0.1, -0.05) is 35.9 Å². The van der Waals surface area contributed by atoms with Crippen molar-refractivity contribution in [2.24, 2.45) is 11.8 Å². The molecule has 2 aromatic carbocycles. The van der Waals surface area contributed by atoms with Crippen LogP contribution in [0.25, 0.3) is 0 Å². The Morgan fingerprint density at radius 2 is 1.72 bits per heavy atom. The van der Waals surface area contributed by atoms with E-state index in [1.807, 2.05) is 57.2 Å². The third-order valence-electron chi connectivity index (χ3n) is 4.79. The lowest BCUT2D eigenvalue weighted by Crippen LogP contribution is -2.27. The molecular weight excluding hydrogens is 312 g/mol. The quantitative estimate of drug-likeness (QED) is 0.878. The molecule has 1 saturated carbocycles. The van der Waals surface area contributed by atoms with Crippen molar-refractivity contribution in [3.8, 4) is 0 Å². The topological polar surface area (TPSA) is 58.2 Å². The number of carbonyl (C=O) groups excluding carboxylic acids is 2. The molecule has 2 atom stereocenters. The van der Waals surface area contributed by atoms with Crippen molar-refractivity contribution in [3.05, 3.63) is 64.7 Å². The van der Waals surface area contributed by atoms with E-state index >= 15 is 0 Å². The Balaban J connectivity index is 1.50. The minimum absolute atomic E-state index is 0.0401. The first kappa shape index (κ1) is 17.2. The van der Waals surface area contributed by atoms with Gasteiger partial charge < -0.3 is 10.6 Å². The van der Waals surface area contributed by atoms with Gasteiger partial charge in [0.25, 0.3) is 0 Å². The lowest BCUT2D eigenvalue weighted by atomic mass is 10.1. The molecule has 2 aromatic rings. The Morgan fingerprint density at radius 3 is 2.44 bits per heavy atom. The Kier molecular flexibility index (Phi) is 4.88. The molecule has 4 nitrogen and oxygen atoms in total. The molecule has 0 heterocycles. The molecular formula is C21H24N2O2. The summed E-state index contributed by atoms with van der Waals surface area (Å²) in [7, 11) is 0. The molecule has 2 unspecified atom stereocenters. The van der Waals surface area contributed by atoms with Crippen LogP contribution in [0.15, 0.2) is 42.5 Å². The molecule has 1 aliphatic rings. The van der Waals surface area contributed by atoms with Gasteiger partial charge in [-0.2, -0.15) is 0 Å². The highest BCUT2D eigenvalue weighted by molar-refractivity contribution is 5.99. The molecule has 130 valence electrons. The number of hydrogen-bond donors (Lipinski definition) is 2. The minimum atomic E-state index is -0.223. The second kappa shape index (κ2) is 7.09. The Morgan fingerprint density at radius 1 is 0.960 bits per heavy atom. The first-order valence-electron chi connectivity index (χ1n) is 8.65. The zero-order valence-electron chi connectivity index (χ0n) is 14.9. The normalized spacial score (nSPS) is 18.5. The average molecular weight is 336 g/mol. The summed E-state index contributed by atoms with van der Waals surface area (Å²) in [5.74, 6) is -0.545. The highest BCUT2D eigenvalue weighted by Gasteiger charge is 2.47. The van der Waals surface area contributed by atoms with Gasteiger partial charge in [-0.15, -0.1) is 0 Å². The van der Waals surface area contributed by atoms with Crippen LogP contribution in [0.4, 0.5) is 5.69 Å². The molecule has 1 aliphatic carbocycles.